The Balaban J connectivity index is 1.93. The van der Waals surface area contributed by atoms with Crippen LogP contribution in [0.5, 0.6) is 0 Å². The molecule has 0 aliphatic heterocycles. The number of nitrogens with one attached hydrogen (secondary N) is 1. The van der Waals surface area contributed by atoms with Crippen molar-refractivity contribution in [3.63, 3.8) is 0 Å². The largest absolute Gasteiger partial charge is 0.273 e. The van der Waals surface area contributed by atoms with Crippen LogP contribution < -0.4 is 9.03 Å². The average molecular weight is 346 g/mol. The Morgan fingerprint density at radius 2 is 1.68 bits per heavy atom. The number of sulfonamides is 2. The number of hydrogen-bond donors (Lipinski definition) is 1. The first-order chi connectivity index (χ1) is 10.3. The minimum Gasteiger partial charge on any atom is -0.273 e. The molecule has 0 atom stereocenters. The normalized spacial score (nSPS) is 16.8. The fourth-order valence-electron chi connectivity index (χ4n) is 2.56. The fraction of sp³-hybridized carbons (Fsp3) is 0.571. The lowest BCUT2D eigenvalue weighted by Gasteiger charge is -2.20. The van der Waals surface area contributed by atoms with Crippen LogP contribution in [0.4, 0.5) is 5.69 Å². The van der Waals surface area contributed by atoms with Gasteiger partial charge in [0.2, 0.25) is 20.0 Å². The van der Waals surface area contributed by atoms with Gasteiger partial charge in [-0.25, -0.2) is 21.6 Å². The van der Waals surface area contributed by atoms with Gasteiger partial charge in [0.1, 0.15) is 0 Å². The first-order valence-corrected chi connectivity index (χ1v) is 10.5. The summed E-state index contributed by atoms with van der Waals surface area (Å²) in [4.78, 5) is 0. The molecule has 0 bridgehead atoms. The lowest BCUT2D eigenvalue weighted by molar-refractivity contribution is 0.565. The van der Waals surface area contributed by atoms with Crippen molar-refractivity contribution in [1.82, 2.24) is 4.72 Å². The van der Waals surface area contributed by atoms with Crippen molar-refractivity contribution >= 4 is 25.7 Å². The molecule has 0 aromatic heterocycles. The SMILES string of the molecule is CN(c1ccccc1)S(=O)(=O)CCNS(=O)(=O)C1CCCC1. The number of para-hydroxylation sites is 1. The summed E-state index contributed by atoms with van der Waals surface area (Å²) >= 11 is 0. The molecule has 0 spiro atoms. The van der Waals surface area contributed by atoms with E-state index in [2.05, 4.69) is 4.72 Å². The Hall–Kier alpha value is -1.12. The Morgan fingerprint density at radius 1 is 1.09 bits per heavy atom. The molecule has 1 aliphatic rings. The molecule has 22 heavy (non-hydrogen) atoms. The molecule has 0 unspecified atom stereocenters. The molecule has 0 heterocycles. The number of rotatable bonds is 7. The van der Waals surface area contributed by atoms with Crippen LogP contribution in [0.15, 0.2) is 30.3 Å². The Labute approximate surface area is 132 Å². The molecule has 1 saturated carbocycles. The number of nitrogens with zero attached hydrogens (tertiary/aromatic N) is 1. The summed E-state index contributed by atoms with van der Waals surface area (Å²) in [6.07, 6.45) is 3.15. The summed E-state index contributed by atoms with van der Waals surface area (Å²) in [5.74, 6) is -0.260. The highest BCUT2D eigenvalue weighted by Crippen LogP contribution is 2.23. The molecule has 124 valence electrons. The summed E-state index contributed by atoms with van der Waals surface area (Å²) in [7, 11) is -5.49. The molecule has 1 aromatic rings. The van der Waals surface area contributed by atoms with Crippen LogP contribution in [0.25, 0.3) is 0 Å². The van der Waals surface area contributed by atoms with Crippen molar-refractivity contribution in [2.24, 2.45) is 0 Å². The van der Waals surface area contributed by atoms with Gasteiger partial charge >= 0.3 is 0 Å². The molecule has 1 fully saturated rings. The zero-order chi connectivity index (χ0) is 16.2. The zero-order valence-corrected chi connectivity index (χ0v) is 14.2. The second-order valence-electron chi connectivity index (χ2n) is 5.46. The molecule has 1 aliphatic carbocycles. The van der Waals surface area contributed by atoms with E-state index in [0.717, 1.165) is 12.8 Å². The van der Waals surface area contributed by atoms with Crippen LogP contribution in [0.2, 0.25) is 0 Å². The predicted octanol–water partition coefficient (Wildman–Crippen LogP) is 1.31. The summed E-state index contributed by atoms with van der Waals surface area (Å²) in [5.41, 5.74) is 0.557. The lowest BCUT2D eigenvalue weighted by Crippen LogP contribution is -2.38. The smallest absolute Gasteiger partial charge is 0.236 e. The first-order valence-electron chi connectivity index (χ1n) is 7.33. The molecule has 0 radical (unpaired) electrons. The Morgan fingerprint density at radius 3 is 2.27 bits per heavy atom. The average Bonchev–Trinajstić information content (AvgIpc) is 3.02. The van der Waals surface area contributed by atoms with Gasteiger partial charge in [-0.05, 0) is 25.0 Å². The van der Waals surface area contributed by atoms with E-state index in [0.29, 0.717) is 18.5 Å². The third kappa shape index (κ3) is 4.21. The van der Waals surface area contributed by atoms with Gasteiger partial charge in [-0.15, -0.1) is 0 Å². The van der Waals surface area contributed by atoms with Crippen molar-refractivity contribution < 1.29 is 16.8 Å². The van der Waals surface area contributed by atoms with Gasteiger partial charge in [0, 0.05) is 13.6 Å². The molecular weight excluding hydrogens is 324 g/mol. The minimum absolute atomic E-state index is 0.0989. The summed E-state index contributed by atoms with van der Waals surface area (Å²) in [6.45, 7) is -0.0989. The van der Waals surface area contributed by atoms with E-state index >= 15 is 0 Å². The highest BCUT2D eigenvalue weighted by atomic mass is 32.2. The molecule has 0 amide bonds. The highest BCUT2D eigenvalue weighted by molar-refractivity contribution is 7.93. The van der Waals surface area contributed by atoms with E-state index < -0.39 is 20.0 Å². The highest BCUT2D eigenvalue weighted by Gasteiger charge is 2.29. The predicted molar refractivity (Wildman–Crippen MR) is 87.8 cm³/mol. The van der Waals surface area contributed by atoms with Crippen molar-refractivity contribution in [2.45, 2.75) is 30.9 Å². The van der Waals surface area contributed by atoms with E-state index in [1.807, 2.05) is 0 Å². The second-order valence-corrected chi connectivity index (χ2v) is 9.63. The van der Waals surface area contributed by atoms with Gasteiger partial charge < -0.3 is 0 Å². The molecule has 2 rings (SSSR count). The van der Waals surface area contributed by atoms with E-state index in [-0.39, 0.29) is 17.5 Å². The molecule has 0 saturated heterocycles. The topological polar surface area (TPSA) is 83.6 Å². The van der Waals surface area contributed by atoms with Crippen LogP contribution in [0.3, 0.4) is 0 Å². The summed E-state index contributed by atoms with van der Waals surface area (Å²) in [5, 5.41) is -0.373. The van der Waals surface area contributed by atoms with Crippen molar-refractivity contribution in [1.29, 1.82) is 0 Å². The van der Waals surface area contributed by atoms with E-state index in [1.165, 1.54) is 11.4 Å². The third-order valence-corrected chi connectivity index (χ3v) is 7.66. The van der Waals surface area contributed by atoms with Gasteiger partial charge in [-0.2, -0.15) is 0 Å². The maximum Gasteiger partial charge on any atom is 0.236 e. The number of benzene rings is 1. The fourth-order valence-corrected chi connectivity index (χ4v) is 5.35. The minimum atomic E-state index is -3.55. The van der Waals surface area contributed by atoms with Crippen LogP contribution in [0.1, 0.15) is 25.7 Å². The Bertz CT molecular complexity index is 681. The maximum atomic E-state index is 12.2. The van der Waals surface area contributed by atoms with Gasteiger partial charge in [0.05, 0.1) is 16.7 Å². The van der Waals surface area contributed by atoms with E-state index in [1.54, 1.807) is 30.3 Å². The number of hydrogen-bond acceptors (Lipinski definition) is 4. The summed E-state index contributed by atoms with van der Waals surface area (Å²) < 4.78 is 52.1. The number of anilines is 1. The first kappa shape index (κ1) is 17.2. The zero-order valence-electron chi connectivity index (χ0n) is 12.6. The third-order valence-electron chi connectivity index (χ3n) is 3.94. The molecular formula is C14H22N2O4S2. The van der Waals surface area contributed by atoms with Gasteiger partial charge in [-0.1, -0.05) is 31.0 Å². The lowest BCUT2D eigenvalue weighted by atomic mass is 10.3. The van der Waals surface area contributed by atoms with Gasteiger partial charge in [0.25, 0.3) is 0 Å². The summed E-state index contributed by atoms with van der Waals surface area (Å²) in [6, 6.07) is 8.70. The van der Waals surface area contributed by atoms with Crippen LogP contribution in [-0.2, 0) is 20.0 Å². The van der Waals surface area contributed by atoms with Crippen LogP contribution in [-0.4, -0.2) is 41.4 Å². The van der Waals surface area contributed by atoms with E-state index in [9.17, 15) is 16.8 Å². The van der Waals surface area contributed by atoms with Crippen molar-refractivity contribution in [3.05, 3.63) is 30.3 Å². The molecule has 6 nitrogen and oxygen atoms in total. The van der Waals surface area contributed by atoms with Gasteiger partial charge in [-0.3, -0.25) is 4.31 Å². The molecule has 1 N–H and O–H groups in total. The van der Waals surface area contributed by atoms with Crippen molar-refractivity contribution in [3.8, 4) is 0 Å². The van der Waals surface area contributed by atoms with Crippen LogP contribution in [0, 0.1) is 0 Å². The van der Waals surface area contributed by atoms with E-state index in [4.69, 9.17) is 0 Å². The second kappa shape index (κ2) is 6.97. The van der Waals surface area contributed by atoms with Gasteiger partial charge in [0.15, 0.2) is 0 Å². The standard InChI is InChI=1S/C14H22N2O4S2/c1-16(13-7-3-2-4-8-13)21(17,18)12-11-15-22(19,20)14-9-5-6-10-14/h2-4,7-8,14-15H,5-6,9-12H2,1H3. The molecule has 8 heteroatoms. The van der Waals surface area contributed by atoms with Crippen LogP contribution >= 0.6 is 0 Å². The monoisotopic (exact) mass is 346 g/mol. The molecule has 1 aromatic carbocycles. The Kier molecular flexibility index (Phi) is 5.46. The quantitative estimate of drug-likeness (QED) is 0.807. The van der Waals surface area contributed by atoms with Crippen molar-refractivity contribution in [2.75, 3.05) is 23.7 Å². The maximum absolute atomic E-state index is 12.2.